The molecule has 1 aliphatic rings. The first-order valence-corrected chi connectivity index (χ1v) is 10.7. The highest BCUT2D eigenvalue weighted by molar-refractivity contribution is 5.97. The van der Waals surface area contributed by atoms with Gasteiger partial charge < -0.3 is 15.1 Å². The van der Waals surface area contributed by atoms with Gasteiger partial charge in [0.2, 0.25) is 5.91 Å². The molecule has 160 valence electrons. The van der Waals surface area contributed by atoms with Gasteiger partial charge >= 0.3 is 0 Å². The molecule has 0 radical (unpaired) electrons. The monoisotopic (exact) mass is 408 g/mol. The number of anilines is 1. The molecule has 0 aromatic heterocycles. The van der Waals surface area contributed by atoms with Crippen molar-refractivity contribution in [3.8, 4) is 0 Å². The van der Waals surface area contributed by atoms with Gasteiger partial charge in [-0.05, 0) is 44.7 Å². The predicted octanol–water partition coefficient (Wildman–Crippen LogP) is 3.10. The summed E-state index contributed by atoms with van der Waals surface area (Å²) in [6, 6.07) is 17.7. The molecule has 1 fully saturated rings. The van der Waals surface area contributed by atoms with Crippen LogP contribution >= 0.6 is 0 Å². The Hall–Kier alpha value is -2.70. The minimum Gasteiger partial charge on any atom is -0.339 e. The molecule has 3 rings (SSSR count). The maximum atomic E-state index is 12.8. The van der Waals surface area contributed by atoms with Gasteiger partial charge in [-0.2, -0.15) is 0 Å². The third-order valence-corrected chi connectivity index (χ3v) is 5.67. The van der Waals surface area contributed by atoms with Crippen molar-refractivity contribution in [3.63, 3.8) is 0 Å². The van der Waals surface area contributed by atoms with Gasteiger partial charge in [-0.15, -0.1) is 0 Å². The maximum absolute atomic E-state index is 12.8. The molecule has 0 bridgehead atoms. The van der Waals surface area contributed by atoms with E-state index in [1.54, 1.807) is 17.0 Å². The summed E-state index contributed by atoms with van der Waals surface area (Å²) >= 11 is 0. The van der Waals surface area contributed by atoms with E-state index in [1.165, 1.54) is 5.56 Å². The van der Waals surface area contributed by atoms with Crippen LogP contribution in [0.2, 0.25) is 0 Å². The lowest BCUT2D eigenvalue weighted by molar-refractivity contribution is -0.118. The van der Waals surface area contributed by atoms with E-state index in [2.05, 4.69) is 34.3 Å². The Morgan fingerprint density at radius 1 is 1.03 bits per heavy atom. The maximum Gasteiger partial charge on any atom is 0.253 e. The van der Waals surface area contributed by atoms with Crippen LogP contribution in [0, 0.1) is 0 Å². The molecule has 1 aliphatic heterocycles. The summed E-state index contributed by atoms with van der Waals surface area (Å²) in [4.78, 5) is 31.7. The normalized spacial score (nSPS) is 17.5. The van der Waals surface area contributed by atoms with Crippen LogP contribution in [0.15, 0.2) is 54.6 Å². The van der Waals surface area contributed by atoms with Gasteiger partial charge in [0.1, 0.15) is 0 Å². The van der Waals surface area contributed by atoms with Gasteiger partial charge in [0.15, 0.2) is 0 Å². The Morgan fingerprint density at radius 3 is 2.47 bits per heavy atom. The van der Waals surface area contributed by atoms with E-state index in [4.69, 9.17) is 0 Å². The van der Waals surface area contributed by atoms with Gasteiger partial charge in [0, 0.05) is 50.0 Å². The molecule has 0 saturated carbocycles. The number of nitrogens with one attached hydrogen (secondary N) is 1. The van der Waals surface area contributed by atoms with Crippen LogP contribution < -0.4 is 5.32 Å². The van der Waals surface area contributed by atoms with E-state index >= 15 is 0 Å². The highest BCUT2D eigenvalue weighted by Gasteiger charge is 2.28. The zero-order valence-electron chi connectivity index (χ0n) is 18.2. The number of hydrogen-bond acceptors (Lipinski definition) is 4. The Bertz CT molecular complexity index is 851. The zero-order chi connectivity index (χ0) is 21.5. The fourth-order valence-corrected chi connectivity index (χ4v) is 3.95. The Morgan fingerprint density at radius 2 is 1.77 bits per heavy atom. The topological polar surface area (TPSA) is 55.9 Å². The van der Waals surface area contributed by atoms with Gasteiger partial charge in [-0.3, -0.25) is 14.5 Å². The van der Waals surface area contributed by atoms with Crippen molar-refractivity contribution < 1.29 is 9.59 Å². The van der Waals surface area contributed by atoms with Crippen molar-refractivity contribution in [1.29, 1.82) is 0 Å². The minimum absolute atomic E-state index is 0.0145. The molecule has 1 saturated heterocycles. The minimum atomic E-state index is -0.0621. The second-order valence-electron chi connectivity index (χ2n) is 7.77. The van der Waals surface area contributed by atoms with E-state index in [0.29, 0.717) is 30.9 Å². The fraction of sp³-hybridized carbons (Fsp3) is 0.417. The van der Waals surface area contributed by atoms with Crippen LogP contribution in [0.3, 0.4) is 0 Å². The third kappa shape index (κ3) is 5.46. The van der Waals surface area contributed by atoms with E-state index in [1.807, 2.05) is 44.2 Å². The van der Waals surface area contributed by atoms with E-state index in [-0.39, 0.29) is 17.9 Å². The molecule has 2 amide bonds. The molecule has 1 heterocycles. The lowest BCUT2D eigenvalue weighted by Crippen LogP contribution is -2.49. The van der Waals surface area contributed by atoms with Crippen LogP contribution in [-0.4, -0.2) is 72.8 Å². The quantitative estimate of drug-likeness (QED) is 0.765. The Kier molecular flexibility index (Phi) is 7.60. The van der Waals surface area contributed by atoms with E-state index in [9.17, 15) is 9.59 Å². The molecular formula is C24H32N4O2. The SMILES string of the molecule is CCN(CC)C(=O)c1cccc(NC(=O)CN2CCN(C)CC2c2ccccc2)c1. The fourth-order valence-electron chi connectivity index (χ4n) is 3.95. The number of carbonyl (C=O) groups excluding carboxylic acids is 2. The van der Waals surface area contributed by atoms with E-state index < -0.39 is 0 Å². The number of likely N-dealkylation sites (N-methyl/N-ethyl adjacent to an activating group) is 1. The van der Waals surface area contributed by atoms with E-state index in [0.717, 1.165) is 19.6 Å². The summed E-state index contributed by atoms with van der Waals surface area (Å²) in [7, 11) is 2.12. The highest BCUT2D eigenvalue weighted by Crippen LogP contribution is 2.24. The number of carbonyl (C=O) groups is 2. The second kappa shape index (κ2) is 10.4. The van der Waals surface area contributed by atoms with Gasteiger partial charge in [0.25, 0.3) is 5.91 Å². The molecule has 0 spiro atoms. The molecule has 1 atom stereocenters. The first-order valence-electron chi connectivity index (χ1n) is 10.7. The smallest absolute Gasteiger partial charge is 0.253 e. The van der Waals surface area contributed by atoms with Crippen molar-refractivity contribution in [2.45, 2.75) is 19.9 Å². The molecule has 6 heteroatoms. The van der Waals surface area contributed by atoms with Crippen molar-refractivity contribution in [3.05, 3.63) is 65.7 Å². The standard InChI is InChI=1S/C24H32N4O2/c1-4-27(5-2)24(30)20-12-9-13-21(16-20)25-23(29)18-28-15-14-26(3)17-22(28)19-10-7-6-8-11-19/h6-13,16,22H,4-5,14-15,17-18H2,1-3H3,(H,25,29). The summed E-state index contributed by atoms with van der Waals surface area (Å²) in [5.41, 5.74) is 2.48. The molecule has 0 aliphatic carbocycles. The largest absolute Gasteiger partial charge is 0.339 e. The summed E-state index contributed by atoms with van der Waals surface area (Å²) in [5.74, 6) is -0.0766. The summed E-state index contributed by atoms with van der Waals surface area (Å²) < 4.78 is 0. The van der Waals surface area contributed by atoms with Gasteiger partial charge in [-0.25, -0.2) is 0 Å². The lowest BCUT2D eigenvalue weighted by atomic mass is 10.0. The van der Waals surface area contributed by atoms with Crippen LogP contribution in [0.4, 0.5) is 5.69 Å². The van der Waals surface area contributed by atoms with Crippen molar-refractivity contribution in [2.75, 3.05) is 51.6 Å². The molecule has 1 unspecified atom stereocenters. The number of rotatable bonds is 7. The molecule has 2 aromatic carbocycles. The van der Waals surface area contributed by atoms with Crippen molar-refractivity contribution in [1.82, 2.24) is 14.7 Å². The number of nitrogens with zero attached hydrogens (tertiary/aromatic N) is 3. The first kappa shape index (κ1) is 22.0. The van der Waals surface area contributed by atoms with Crippen molar-refractivity contribution in [2.24, 2.45) is 0 Å². The number of hydrogen-bond donors (Lipinski definition) is 1. The second-order valence-corrected chi connectivity index (χ2v) is 7.77. The predicted molar refractivity (Wildman–Crippen MR) is 121 cm³/mol. The van der Waals surface area contributed by atoms with Gasteiger partial charge in [-0.1, -0.05) is 36.4 Å². The zero-order valence-corrected chi connectivity index (χ0v) is 18.2. The average Bonchev–Trinajstić information content (AvgIpc) is 2.76. The average molecular weight is 409 g/mol. The van der Waals surface area contributed by atoms with Crippen LogP contribution in [-0.2, 0) is 4.79 Å². The Balaban J connectivity index is 1.67. The number of amides is 2. The number of piperazine rings is 1. The lowest BCUT2D eigenvalue weighted by Gasteiger charge is -2.39. The number of benzene rings is 2. The molecule has 2 aromatic rings. The molecule has 6 nitrogen and oxygen atoms in total. The molecular weight excluding hydrogens is 376 g/mol. The molecule has 1 N–H and O–H groups in total. The third-order valence-electron chi connectivity index (χ3n) is 5.67. The molecule has 30 heavy (non-hydrogen) atoms. The van der Waals surface area contributed by atoms with Crippen LogP contribution in [0.25, 0.3) is 0 Å². The summed E-state index contributed by atoms with van der Waals surface area (Å²) in [5, 5.41) is 2.98. The van der Waals surface area contributed by atoms with Crippen molar-refractivity contribution >= 4 is 17.5 Å². The summed E-state index contributed by atoms with van der Waals surface area (Å²) in [6.07, 6.45) is 0. The van der Waals surface area contributed by atoms with Gasteiger partial charge in [0.05, 0.1) is 6.54 Å². The highest BCUT2D eigenvalue weighted by atomic mass is 16.2. The van der Waals surface area contributed by atoms with Crippen LogP contribution in [0.5, 0.6) is 0 Å². The first-order chi connectivity index (χ1) is 14.5. The van der Waals surface area contributed by atoms with Crippen LogP contribution in [0.1, 0.15) is 35.8 Å². The summed E-state index contributed by atoms with van der Waals surface area (Å²) in [6.45, 7) is 8.24. The Labute approximate surface area is 179 Å².